The lowest BCUT2D eigenvalue weighted by Crippen LogP contribution is -2.43. The van der Waals surface area contributed by atoms with Crippen LogP contribution in [0.25, 0.3) is 0 Å². The Morgan fingerprint density at radius 1 is 1.43 bits per heavy atom. The molecule has 7 nitrogen and oxygen atoms in total. The van der Waals surface area contributed by atoms with Gasteiger partial charge in [-0.2, -0.15) is 0 Å². The minimum Gasteiger partial charge on any atom is -0.481 e. The lowest BCUT2D eigenvalue weighted by Gasteiger charge is -2.29. The molecule has 1 aliphatic rings. The molecule has 0 unspecified atom stereocenters. The van der Waals surface area contributed by atoms with Gasteiger partial charge in [-0.3, -0.25) is 9.59 Å². The molecule has 21 heavy (non-hydrogen) atoms. The number of nitrogens with one attached hydrogen (secondary N) is 1. The van der Waals surface area contributed by atoms with Gasteiger partial charge < -0.3 is 20.1 Å². The first-order chi connectivity index (χ1) is 9.95. The topological polar surface area (TPSA) is 95.9 Å². The number of carbonyl (C=O) groups excluding carboxylic acids is 2. The molecule has 1 aromatic rings. The van der Waals surface area contributed by atoms with Crippen LogP contribution in [0.15, 0.2) is 18.2 Å². The first-order valence-corrected chi connectivity index (χ1v) is 6.57. The van der Waals surface area contributed by atoms with Crippen molar-refractivity contribution in [2.24, 2.45) is 0 Å². The van der Waals surface area contributed by atoms with Crippen molar-refractivity contribution in [3.8, 4) is 5.75 Å². The zero-order valence-corrected chi connectivity index (χ0v) is 11.7. The highest BCUT2D eigenvalue weighted by atomic mass is 35.5. The van der Waals surface area contributed by atoms with Crippen molar-refractivity contribution in [3.05, 3.63) is 23.2 Å². The number of esters is 1. The van der Waals surface area contributed by atoms with Crippen LogP contribution in [0.3, 0.4) is 0 Å². The Morgan fingerprint density at radius 3 is 2.90 bits per heavy atom. The van der Waals surface area contributed by atoms with Gasteiger partial charge in [0, 0.05) is 11.6 Å². The summed E-state index contributed by atoms with van der Waals surface area (Å²) >= 11 is 5.90. The van der Waals surface area contributed by atoms with Crippen LogP contribution in [-0.2, 0) is 14.4 Å². The average Bonchev–Trinajstić information content (AvgIpc) is 2.39. The SMILES string of the molecule is O=C(O)CCNC(=O)CN1CC(=O)Oc2ccc(Cl)cc21. The Bertz CT molecular complexity index is 590. The number of carboxylic acids is 1. The molecule has 2 rings (SSSR count). The number of halogens is 1. The molecule has 0 aromatic heterocycles. The molecule has 0 bridgehead atoms. The number of carbonyl (C=O) groups is 3. The van der Waals surface area contributed by atoms with Gasteiger partial charge in [0.25, 0.3) is 0 Å². The van der Waals surface area contributed by atoms with E-state index in [1.54, 1.807) is 18.2 Å². The van der Waals surface area contributed by atoms with Crippen molar-refractivity contribution < 1.29 is 24.2 Å². The number of aliphatic carboxylic acids is 1. The molecule has 0 saturated heterocycles. The van der Waals surface area contributed by atoms with Gasteiger partial charge in [0.1, 0.15) is 6.54 Å². The minimum absolute atomic E-state index is 0.0366. The molecular weight excluding hydrogens is 300 g/mol. The fourth-order valence-corrected chi connectivity index (χ4v) is 2.07. The Morgan fingerprint density at radius 2 is 2.19 bits per heavy atom. The van der Waals surface area contributed by atoms with E-state index in [1.165, 1.54) is 4.90 Å². The van der Waals surface area contributed by atoms with Crippen molar-refractivity contribution >= 4 is 35.1 Å². The van der Waals surface area contributed by atoms with Gasteiger partial charge in [-0.05, 0) is 18.2 Å². The zero-order chi connectivity index (χ0) is 15.4. The number of benzene rings is 1. The molecule has 0 aliphatic carbocycles. The van der Waals surface area contributed by atoms with E-state index in [0.717, 1.165) is 0 Å². The second-order valence-electron chi connectivity index (χ2n) is 4.44. The largest absolute Gasteiger partial charge is 0.481 e. The quantitative estimate of drug-likeness (QED) is 0.612. The van der Waals surface area contributed by atoms with Gasteiger partial charge >= 0.3 is 11.9 Å². The Kier molecular flexibility index (Phi) is 4.64. The normalized spacial score (nSPS) is 13.4. The highest BCUT2D eigenvalue weighted by Gasteiger charge is 2.25. The van der Waals surface area contributed by atoms with Crippen molar-refractivity contribution in [1.29, 1.82) is 0 Å². The predicted octanol–water partition coefficient (Wildman–Crippen LogP) is 0.656. The van der Waals surface area contributed by atoms with E-state index in [2.05, 4.69) is 5.32 Å². The standard InChI is InChI=1S/C13H13ClN2O5/c14-8-1-2-10-9(5-8)16(7-13(20)21-10)6-11(17)15-4-3-12(18)19/h1-2,5H,3-4,6-7H2,(H,15,17)(H,18,19). The summed E-state index contributed by atoms with van der Waals surface area (Å²) in [5.74, 6) is -1.50. The maximum absolute atomic E-state index is 11.8. The second-order valence-corrected chi connectivity index (χ2v) is 4.87. The van der Waals surface area contributed by atoms with E-state index >= 15 is 0 Å². The van der Waals surface area contributed by atoms with Crippen molar-refractivity contribution in [2.45, 2.75) is 6.42 Å². The maximum Gasteiger partial charge on any atom is 0.331 e. The predicted molar refractivity (Wildman–Crippen MR) is 74.6 cm³/mol. The summed E-state index contributed by atoms with van der Waals surface area (Å²) in [6.07, 6.45) is -0.157. The van der Waals surface area contributed by atoms with Gasteiger partial charge in [0.2, 0.25) is 5.91 Å². The lowest BCUT2D eigenvalue weighted by molar-refractivity contribution is -0.137. The summed E-state index contributed by atoms with van der Waals surface area (Å²) in [6, 6.07) is 4.75. The number of hydrogen-bond donors (Lipinski definition) is 2. The summed E-state index contributed by atoms with van der Waals surface area (Å²) in [6.45, 7) is -0.114. The third kappa shape index (κ3) is 4.09. The van der Waals surface area contributed by atoms with Crippen molar-refractivity contribution in [1.82, 2.24) is 5.32 Å². The fourth-order valence-electron chi connectivity index (χ4n) is 1.90. The number of hydrogen-bond acceptors (Lipinski definition) is 5. The molecule has 8 heteroatoms. The van der Waals surface area contributed by atoms with E-state index in [4.69, 9.17) is 21.4 Å². The smallest absolute Gasteiger partial charge is 0.331 e. The molecule has 112 valence electrons. The number of nitrogens with zero attached hydrogens (tertiary/aromatic N) is 1. The van der Waals surface area contributed by atoms with Crippen LogP contribution in [-0.4, -0.2) is 42.6 Å². The Hall–Kier alpha value is -2.28. The van der Waals surface area contributed by atoms with Crippen molar-refractivity contribution in [2.75, 3.05) is 24.5 Å². The molecule has 2 N–H and O–H groups in total. The fraction of sp³-hybridized carbons (Fsp3) is 0.308. The van der Waals surface area contributed by atoms with Gasteiger partial charge in [-0.25, -0.2) is 4.79 Å². The summed E-state index contributed by atoms with van der Waals surface area (Å²) in [7, 11) is 0. The molecule has 1 aliphatic heterocycles. The number of amides is 1. The van der Waals surface area contributed by atoms with E-state index in [-0.39, 0.29) is 32.0 Å². The van der Waals surface area contributed by atoms with E-state index in [1.807, 2.05) is 0 Å². The number of fused-ring (bicyclic) bond motifs is 1. The highest BCUT2D eigenvalue weighted by Crippen LogP contribution is 2.34. The Balaban J connectivity index is 2.03. The molecule has 0 spiro atoms. The molecule has 0 saturated carbocycles. The monoisotopic (exact) mass is 312 g/mol. The van der Waals surface area contributed by atoms with Gasteiger partial charge in [-0.1, -0.05) is 11.6 Å². The van der Waals surface area contributed by atoms with Crippen LogP contribution < -0.4 is 15.0 Å². The summed E-state index contributed by atoms with van der Waals surface area (Å²) in [4.78, 5) is 35.2. The minimum atomic E-state index is -0.992. The molecule has 0 atom stereocenters. The summed E-state index contributed by atoms with van der Waals surface area (Å²) in [5.41, 5.74) is 0.551. The number of ether oxygens (including phenoxy) is 1. The molecule has 0 radical (unpaired) electrons. The van der Waals surface area contributed by atoms with E-state index in [0.29, 0.717) is 16.5 Å². The number of rotatable bonds is 5. The number of anilines is 1. The third-order valence-electron chi connectivity index (χ3n) is 2.80. The zero-order valence-electron chi connectivity index (χ0n) is 11.0. The molecule has 1 heterocycles. The first-order valence-electron chi connectivity index (χ1n) is 6.19. The van der Waals surface area contributed by atoms with Gasteiger partial charge in [-0.15, -0.1) is 0 Å². The number of carboxylic acid groups (broad SMARTS) is 1. The van der Waals surface area contributed by atoms with Crippen LogP contribution in [0, 0.1) is 0 Å². The van der Waals surface area contributed by atoms with Gasteiger partial charge in [0.05, 0.1) is 18.7 Å². The highest BCUT2D eigenvalue weighted by molar-refractivity contribution is 6.31. The van der Waals surface area contributed by atoms with Gasteiger partial charge in [0.15, 0.2) is 5.75 Å². The molecule has 1 amide bonds. The lowest BCUT2D eigenvalue weighted by atomic mass is 10.2. The van der Waals surface area contributed by atoms with Crippen LogP contribution in [0.1, 0.15) is 6.42 Å². The molecule has 1 aromatic carbocycles. The van der Waals surface area contributed by atoms with Crippen LogP contribution >= 0.6 is 11.6 Å². The van der Waals surface area contributed by atoms with E-state index < -0.39 is 11.9 Å². The Labute approximate surface area is 125 Å². The van der Waals surface area contributed by atoms with Crippen LogP contribution in [0.2, 0.25) is 5.02 Å². The molecule has 0 fully saturated rings. The van der Waals surface area contributed by atoms with Crippen LogP contribution in [0.4, 0.5) is 5.69 Å². The van der Waals surface area contributed by atoms with Crippen molar-refractivity contribution in [3.63, 3.8) is 0 Å². The maximum atomic E-state index is 11.8. The first kappa shape index (κ1) is 15.1. The molecular formula is C13H13ClN2O5. The second kappa shape index (κ2) is 6.45. The summed E-state index contributed by atoms with van der Waals surface area (Å²) in [5, 5.41) is 11.4. The van der Waals surface area contributed by atoms with E-state index in [9.17, 15) is 14.4 Å². The third-order valence-corrected chi connectivity index (χ3v) is 3.04. The van der Waals surface area contributed by atoms with Crippen LogP contribution in [0.5, 0.6) is 5.75 Å². The average molecular weight is 313 g/mol. The summed E-state index contributed by atoms with van der Waals surface area (Å²) < 4.78 is 5.06.